The summed E-state index contributed by atoms with van der Waals surface area (Å²) in [6.07, 6.45) is 2.04. The van der Waals surface area contributed by atoms with E-state index in [-0.39, 0.29) is 0 Å². The first-order valence-electron chi connectivity index (χ1n) is 6.26. The van der Waals surface area contributed by atoms with Gasteiger partial charge in [0.25, 0.3) is 0 Å². The normalized spacial score (nSPS) is 12.1. The lowest BCUT2D eigenvalue weighted by Crippen LogP contribution is -2.21. The highest BCUT2D eigenvalue weighted by molar-refractivity contribution is 6.31. The summed E-state index contributed by atoms with van der Waals surface area (Å²) < 4.78 is 1.88. The average Bonchev–Trinajstić information content (AvgIpc) is 2.48. The monoisotopic (exact) mass is 257 g/mol. The van der Waals surface area contributed by atoms with Crippen molar-refractivity contribution in [2.45, 2.75) is 47.1 Å². The quantitative estimate of drug-likeness (QED) is 0.822. The van der Waals surface area contributed by atoms with E-state index >= 15 is 0 Å². The first-order valence-corrected chi connectivity index (χ1v) is 6.64. The topological polar surface area (TPSA) is 29.9 Å². The number of rotatable bonds is 5. The van der Waals surface area contributed by atoms with Gasteiger partial charge in [0.1, 0.15) is 0 Å². The minimum atomic E-state index is 0.373. The third-order valence-electron chi connectivity index (χ3n) is 2.85. The van der Waals surface area contributed by atoms with Gasteiger partial charge in [-0.15, -0.1) is 0 Å². The van der Waals surface area contributed by atoms with Crippen molar-refractivity contribution in [1.29, 1.82) is 0 Å². The predicted octanol–water partition coefficient (Wildman–Crippen LogP) is 3.16. The fourth-order valence-corrected chi connectivity index (χ4v) is 2.04. The van der Waals surface area contributed by atoms with Crippen LogP contribution in [0.1, 0.15) is 45.5 Å². The molecule has 0 amide bonds. The minimum Gasteiger partial charge on any atom is -0.311 e. The van der Waals surface area contributed by atoms with Crippen molar-refractivity contribution in [3.05, 3.63) is 16.4 Å². The van der Waals surface area contributed by atoms with Crippen LogP contribution in [0.4, 0.5) is 0 Å². The van der Waals surface area contributed by atoms with Crippen molar-refractivity contribution < 1.29 is 0 Å². The van der Waals surface area contributed by atoms with E-state index < -0.39 is 0 Å². The van der Waals surface area contributed by atoms with Gasteiger partial charge in [-0.05, 0) is 24.8 Å². The van der Waals surface area contributed by atoms with Crippen molar-refractivity contribution in [2.75, 3.05) is 6.54 Å². The fourth-order valence-electron chi connectivity index (χ4n) is 1.68. The van der Waals surface area contributed by atoms with Crippen molar-refractivity contribution in [3.63, 3.8) is 0 Å². The van der Waals surface area contributed by atoms with Crippen LogP contribution in [0.15, 0.2) is 0 Å². The molecule has 17 heavy (non-hydrogen) atoms. The molecule has 1 aromatic heterocycles. The fraction of sp³-hybridized carbons (Fsp3) is 0.769. The number of hydrogen-bond acceptors (Lipinski definition) is 2. The largest absolute Gasteiger partial charge is 0.311 e. The average molecular weight is 258 g/mol. The minimum absolute atomic E-state index is 0.373. The molecule has 0 aliphatic heterocycles. The summed E-state index contributed by atoms with van der Waals surface area (Å²) in [6.45, 7) is 10.6. The molecular formula is C13H24ClN3. The molecule has 4 heteroatoms. The van der Waals surface area contributed by atoms with Gasteiger partial charge in [0.2, 0.25) is 0 Å². The second-order valence-electron chi connectivity index (χ2n) is 5.67. The van der Waals surface area contributed by atoms with Crippen LogP contribution in [0, 0.1) is 5.41 Å². The van der Waals surface area contributed by atoms with Gasteiger partial charge in [-0.1, -0.05) is 39.3 Å². The van der Waals surface area contributed by atoms with Gasteiger partial charge in [-0.25, -0.2) is 0 Å². The highest BCUT2D eigenvalue weighted by Crippen LogP contribution is 2.21. The maximum atomic E-state index is 6.28. The van der Waals surface area contributed by atoms with Crippen LogP contribution in [-0.2, 0) is 20.0 Å². The molecule has 0 bridgehead atoms. The summed E-state index contributed by atoms with van der Waals surface area (Å²) >= 11 is 6.28. The molecule has 0 radical (unpaired) electrons. The van der Waals surface area contributed by atoms with Crippen LogP contribution in [-0.4, -0.2) is 16.3 Å². The number of halogens is 1. The van der Waals surface area contributed by atoms with Crippen molar-refractivity contribution in [3.8, 4) is 0 Å². The zero-order valence-corrected chi connectivity index (χ0v) is 12.4. The van der Waals surface area contributed by atoms with Gasteiger partial charge in [0.15, 0.2) is 0 Å². The highest BCUT2D eigenvalue weighted by atomic mass is 35.5. The van der Waals surface area contributed by atoms with E-state index in [4.69, 9.17) is 11.6 Å². The van der Waals surface area contributed by atoms with Gasteiger partial charge in [0.05, 0.1) is 16.4 Å². The molecule has 3 nitrogen and oxygen atoms in total. The van der Waals surface area contributed by atoms with Crippen molar-refractivity contribution in [2.24, 2.45) is 12.5 Å². The molecular weight excluding hydrogens is 234 g/mol. The molecule has 1 N–H and O–H groups in total. The summed E-state index contributed by atoms with van der Waals surface area (Å²) in [5, 5.41) is 8.65. The Morgan fingerprint density at radius 2 is 2.00 bits per heavy atom. The Labute approximate surface area is 110 Å². The first-order chi connectivity index (χ1) is 7.85. The van der Waals surface area contributed by atoms with Crippen LogP contribution in [0.2, 0.25) is 5.02 Å². The lowest BCUT2D eigenvalue weighted by Gasteiger charge is -2.18. The van der Waals surface area contributed by atoms with Crippen molar-refractivity contribution in [1.82, 2.24) is 15.1 Å². The standard InChI is InChI=1S/C13H24ClN3/c1-6-10-12(14)11(17(5)16-10)9-15-8-7-13(2,3)4/h15H,6-9H2,1-5H3. The van der Waals surface area contributed by atoms with Gasteiger partial charge < -0.3 is 5.32 Å². The lowest BCUT2D eigenvalue weighted by molar-refractivity contribution is 0.365. The third kappa shape index (κ3) is 4.32. The molecule has 1 aromatic rings. The van der Waals surface area contributed by atoms with E-state index in [0.29, 0.717) is 5.41 Å². The Bertz CT molecular complexity index is 363. The second kappa shape index (κ2) is 5.87. The molecule has 0 aromatic carbocycles. The Hall–Kier alpha value is -0.540. The number of hydrogen-bond donors (Lipinski definition) is 1. The summed E-state index contributed by atoms with van der Waals surface area (Å²) in [5.41, 5.74) is 2.44. The smallest absolute Gasteiger partial charge is 0.0863 e. The van der Waals surface area contributed by atoms with E-state index in [2.05, 4.69) is 38.1 Å². The summed E-state index contributed by atoms with van der Waals surface area (Å²) in [6, 6.07) is 0. The molecule has 0 atom stereocenters. The molecule has 0 fully saturated rings. The van der Waals surface area contributed by atoms with E-state index in [9.17, 15) is 0 Å². The van der Waals surface area contributed by atoms with E-state index in [1.165, 1.54) is 0 Å². The molecule has 0 spiro atoms. The Kier molecular flexibility index (Phi) is 5.02. The first kappa shape index (κ1) is 14.5. The van der Waals surface area contributed by atoms with E-state index in [1.54, 1.807) is 0 Å². The SMILES string of the molecule is CCc1nn(C)c(CNCCC(C)(C)C)c1Cl. The number of aromatic nitrogens is 2. The molecule has 1 rings (SSSR count). The van der Waals surface area contributed by atoms with Gasteiger partial charge in [0, 0.05) is 13.6 Å². The molecule has 0 unspecified atom stereocenters. The molecule has 1 heterocycles. The highest BCUT2D eigenvalue weighted by Gasteiger charge is 2.13. The molecule has 0 aliphatic carbocycles. The van der Waals surface area contributed by atoms with Crippen LogP contribution in [0.3, 0.4) is 0 Å². The van der Waals surface area contributed by atoms with Crippen LogP contribution >= 0.6 is 11.6 Å². The maximum Gasteiger partial charge on any atom is 0.0863 e. The van der Waals surface area contributed by atoms with Crippen LogP contribution in [0.5, 0.6) is 0 Å². The second-order valence-corrected chi connectivity index (χ2v) is 6.05. The number of nitrogens with zero attached hydrogens (tertiary/aromatic N) is 2. The molecule has 0 aliphatic rings. The van der Waals surface area contributed by atoms with Gasteiger partial charge in [-0.3, -0.25) is 4.68 Å². The Morgan fingerprint density at radius 1 is 1.35 bits per heavy atom. The maximum absolute atomic E-state index is 6.28. The molecule has 0 saturated heterocycles. The number of aryl methyl sites for hydroxylation is 2. The van der Waals surface area contributed by atoms with Crippen molar-refractivity contribution >= 4 is 11.6 Å². The van der Waals surface area contributed by atoms with Crippen LogP contribution in [0.25, 0.3) is 0 Å². The molecule has 0 saturated carbocycles. The van der Waals surface area contributed by atoms with E-state index in [0.717, 1.165) is 42.3 Å². The summed E-state index contributed by atoms with van der Waals surface area (Å²) in [4.78, 5) is 0. The molecule has 98 valence electrons. The van der Waals surface area contributed by atoms with E-state index in [1.807, 2.05) is 11.7 Å². The summed E-state index contributed by atoms with van der Waals surface area (Å²) in [7, 11) is 1.95. The van der Waals surface area contributed by atoms with Crippen LogP contribution < -0.4 is 5.32 Å². The predicted molar refractivity (Wildman–Crippen MR) is 73.4 cm³/mol. The third-order valence-corrected chi connectivity index (χ3v) is 3.28. The zero-order valence-electron chi connectivity index (χ0n) is 11.6. The summed E-state index contributed by atoms with van der Waals surface area (Å²) in [5.74, 6) is 0. The van der Waals surface area contributed by atoms with Gasteiger partial charge in [-0.2, -0.15) is 5.10 Å². The zero-order chi connectivity index (χ0) is 13.1. The Balaban J connectivity index is 2.50. The number of nitrogens with one attached hydrogen (secondary N) is 1. The van der Waals surface area contributed by atoms with Gasteiger partial charge >= 0.3 is 0 Å². The Morgan fingerprint density at radius 3 is 2.47 bits per heavy atom. The lowest BCUT2D eigenvalue weighted by atomic mass is 9.92.